The quantitative estimate of drug-likeness (QED) is 0.724. The van der Waals surface area contributed by atoms with E-state index in [-0.39, 0.29) is 16.5 Å². The molecule has 2 heterocycles. The molecule has 0 unspecified atom stereocenters. The number of nitrogens with zero attached hydrogens (tertiary/aromatic N) is 4. The first-order valence-electron chi connectivity index (χ1n) is 6.04. The number of nitriles is 1. The highest BCUT2D eigenvalue weighted by Gasteiger charge is 2.16. The van der Waals surface area contributed by atoms with Gasteiger partial charge in [-0.2, -0.15) is 10.2 Å². The third kappa shape index (κ3) is 2.34. The number of imidazole rings is 1. The molecule has 3 aromatic rings. The molecule has 3 rings (SSSR count). The fourth-order valence-electron chi connectivity index (χ4n) is 1.92. The second-order valence-electron chi connectivity index (χ2n) is 4.45. The van der Waals surface area contributed by atoms with Crippen molar-refractivity contribution in [2.24, 2.45) is 7.05 Å². The van der Waals surface area contributed by atoms with Crippen molar-refractivity contribution in [2.75, 3.05) is 0 Å². The molecule has 0 radical (unpaired) electrons. The van der Waals surface area contributed by atoms with Gasteiger partial charge in [0, 0.05) is 13.1 Å². The maximum absolute atomic E-state index is 13.8. The molecule has 0 aliphatic heterocycles. The minimum absolute atomic E-state index is 0.0800. The highest BCUT2D eigenvalue weighted by molar-refractivity contribution is 6.34. The van der Waals surface area contributed by atoms with Crippen molar-refractivity contribution in [3.8, 4) is 17.7 Å². The molecule has 0 aliphatic rings. The van der Waals surface area contributed by atoms with Crippen LogP contribution in [0.2, 0.25) is 5.02 Å². The van der Waals surface area contributed by atoms with Crippen molar-refractivity contribution in [3.05, 3.63) is 46.7 Å². The van der Waals surface area contributed by atoms with Gasteiger partial charge in [0.2, 0.25) is 11.6 Å². The van der Waals surface area contributed by atoms with E-state index in [9.17, 15) is 8.78 Å². The largest absolute Gasteiger partial charge is 0.433 e. The number of halogens is 3. The van der Waals surface area contributed by atoms with Crippen LogP contribution in [-0.2, 0) is 7.05 Å². The molecule has 0 saturated carbocycles. The van der Waals surface area contributed by atoms with E-state index in [0.717, 1.165) is 12.1 Å². The monoisotopic (exact) mass is 320 g/mol. The number of rotatable bonds is 2. The minimum atomic E-state index is -1.00. The third-order valence-electron chi connectivity index (χ3n) is 2.93. The summed E-state index contributed by atoms with van der Waals surface area (Å²) in [5.74, 6) is -2.73. The number of hydrogen-bond acceptors (Lipinski definition) is 4. The summed E-state index contributed by atoms with van der Waals surface area (Å²) in [4.78, 5) is 8.16. The summed E-state index contributed by atoms with van der Waals surface area (Å²) < 4.78 is 34.4. The average Bonchev–Trinajstić information content (AvgIpc) is 2.85. The number of pyridine rings is 1. The molecule has 0 spiro atoms. The Morgan fingerprint density at radius 3 is 2.59 bits per heavy atom. The van der Waals surface area contributed by atoms with Crippen molar-refractivity contribution in [1.82, 2.24) is 14.5 Å². The van der Waals surface area contributed by atoms with E-state index in [1.165, 1.54) is 12.4 Å². The molecule has 0 aliphatic carbocycles. The number of benzene rings is 1. The number of fused-ring (bicyclic) bond motifs is 1. The summed E-state index contributed by atoms with van der Waals surface area (Å²) in [5.41, 5.74) is 0.727. The highest BCUT2D eigenvalue weighted by Crippen LogP contribution is 2.31. The molecule has 0 fully saturated rings. The van der Waals surface area contributed by atoms with Crippen LogP contribution in [0.4, 0.5) is 8.78 Å². The van der Waals surface area contributed by atoms with Crippen LogP contribution in [0.3, 0.4) is 0 Å². The first-order valence-corrected chi connectivity index (χ1v) is 6.42. The fourth-order valence-corrected chi connectivity index (χ4v) is 2.14. The normalized spacial score (nSPS) is 10.7. The van der Waals surface area contributed by atoms with Gasteiger partial charge in [0.1, 0.15) is 5.52 Å². The van der Waals surface area contributed by atoms with Gasteiger partial charge in [-0.1, -0.05) is 11.6 Å². The van der Waals surface area contributed by atoms with Gasteiger partial charge >= 0.3 is 0 Å². The average molecular weight is 321 g/mol. The fraction of sp³-hybridized carbons (Fsp3) is 0.0714. The first-order chi connectivity index (χ1) is 10.5. The Bertz CT molecular complexity index is 909. The van der Waals surface area contributed by atoms with Gasteiger partial charge in [0.05, 0.1) is 23.0 Å². The topological polar surface area (TPSA) is 63.7 Å². The Labute approximate surface area is 128 Å². The van der Waals surface area contributed by atoms with Gasteiger partial charge in [-0.15, -0.1) is 0 Å². The van der Waals surface area contributed by atoms with Gasteiger partial charge in [0.15, 0.2) is 17.3 Å². The smallest absolute Gasteiger partial charge is 0.223 e. The molecule has 0 bridgehead atoms. The van der Waals surface area contributed by atoms with Gasteiger partial charge < -0.3 is 9.30 Å². The van der Waals surface area contributed by atoms with E-state index >= 15 is 0 Å². The minimum Gasteiger partial charge on any atom is -0.433 e. The second-order valence-corrected chi connectivity index (χ2v) is 4.86. The molecule has 0 N–H and O–H groups in total. The van der Waals surface area contributed by atoms with Gasteiger partial charge in [0.25, 0.3) is 0 Å². The van der Waals surface area contributed by atoms with E-state index in [1.807, 2.05) is 0 Å². The van der Waals surface area contributed by atoms with Crippen molar-refractivity contribution in [1.29, 1.82) is 5.26 Å². The van der Waals surface area contributed by atoms with E-state index in [1.54, 1.807) is 17.7 Å². The maximum Gasteiger partial charge on any atom is 0.223 e. The second kappa shape index (κ2) is 5.24. The van der Waals surface area contributed by atoms with Crippen LogP contribution >= 0.6 is 11.6 Å². The number of aromatic nitrogens is 3. The summed E-state index contributed by atoms with van der Waals surface area (Å²) in [6.45, 7) is 0. The lowest BCUT2D eigenvalue weighted by atomic mass is 10.2. The van der Waals surface area contributed by atoms with Crippen LogP contribution in [0.25, 0.3) is 11.2 Å². The van der Waals surface area contributed by atoms with Crippen LogP contribution in [0, 0.1) is 23.0 Å². The summed E-state index contributed by atoms with van der Waals surface area (Å²) in [6.07, 6.45) is 1.51. The Morgan fingerprint density at radius 1 is 1.27 bits per heavy atom. The molecule has 2 aromatic heterocycles. The zero-order valence-electron chi connectivity index (χ0n) is 11.1. The summed E-state index contributed by atoms with van der Waals surface area (Å²) in [5, 5.41) is 8.91. The van der Waals surface area contributed by atoms with E-state index < -0.39 is 17.4 Å². The third-order valence-corrected chi connectivity index (χ3v) is 3.22. The predicted molar refractivity (Wildman–Crippen MR) is 74.7 cm³/mol. The Morgan fingerprint density at radius 2 is 1.95 bits per heavy atom. The summed E-state index contributed by atoms with van der Waals surface area (Å²) in [7, 11) is 1.70. The molecular weight excluding hydrogens is 314 g/mol. The Kier molecular flexibility index (Phi) is 3.39. The van der Waals surface area contributed by atoms with Gasteiger partial charge in [-0.05, 0) is 12.1 Å². The van der Waals surface area contributed by atoms with Crippen molar-refractivity contribution in [3.63, 3.8) is 0 Å². The van der Waals surface area contributed by atoms with E-state index in [0.29, 0.717) is 11.2 Å². The van der Waals surface area contributed by atoms with Gasteiger partial charge in [-0.25, -0.2) is 13.8 Å². The number of aryl methyl sites for hydroxylation is 1. The molecule has 22 heavy (non-hydrogen) atoms. The maximum atomic E-state index is 13.8. The van der Waals surface area contributed by atoms with Crippen LogP contribution < -0.4 is 4.74 Å². The highest BCUT2D eigenvalue weighted by atomic mass is 35.5. The van der Waals surface area contributed by atoms with Crippen LogP contribution in [0.5, 0.6) is 11.6 Å². The standard InChI is InChI=1S/C14H7ClF2N4O/c1-21-6-19-12-8(15)4-11(20-14(12)21)22-13-9(16)2-7(5-18)3-10(13)17/h2-4,6H,1H3. The van der Waals surface area contributed by atoms with Crippen LogP contribution in [0.1, 0.15) is 5.56 Å². The molecule has 0 saturated heterocycles. The predicted octanol–water partition coefficient (Wildman–Crippen LogP) is 3.56. The first kappa shape index (κ1) is 14.2. The van der Waals surface area contributed by atoms with Crippen molar-refractivity contribution >= 4 is 22.8 Å². The van der Waals surface area contributed by atoms with Crippen molar-refractivity contribution in [2.45, 2.75) is 0 Å². The van der Waals surface area contributed by atoms with Crippen molar-refractivity contribution < 1.29 is 13.5 Å². The Balaban J connectivity index is 2.07. The van der Waals surface area contributed by atoms with E-state index in [2.05, 4.69) is 9.97 Å². The molecule has 8 heteroatoms. The van der Waals surface area contributed by atoms with Crippen LogP contribution in [-0.4, -0.2) is 14.5 Å². The Hall–Kier alpha value is -2.72. The molecule has 0 amide bonds. The lowest BCUT2D eigenvalue weighted by Crippen LogP contribution is -1.97. The zero-order valence-corrected chi connectivity index (χ0v) is 11.9. The lowest BCUT2D eigenvalue weighted by Gasteiger charge is -2.08. The molecular formula is C14H7ClF2N4O. The van der Waals surface area contributed by atoms with E-state index in [4.69, 9.17) is 21.6 Å². The number of hydrogen-bond donors (Lipinski definition) is 0. The zero-order chi connectivity index (χ0) is 15.9. The summed E-state index contributed by atoms with van der Waals surface area (Å²) in [6, 6.07) is 4.72. The SMILES string of the molecule is Cn1cnc2c(Cl)cc(Oc3c(F)cc(C#N)cc3F)nc21. The lowest BCUT2D eigenvalue weighted by molar-refractivity contribution is 0.396. The molecule has 0 atom stereocenters. The number of ether oxygens (including phenoxy) is 1. The van der Waals surface area contributed by atoms with Gasteiger partial charge in [-0.3, -0.25) is 0 Å². The van der Waals surface area contributed by atoms with Crippen LogP contribution in [0.15, 0.2) is 24.5 Å². The summed E-state index contributed by atoms with van der Waals surface area (Å²) >= 11 is 6.04. The molecule has 1 aromatic carbocycles. The molecule has 5 nitrogen and oxygen atoms in total. The molecule has 110 valence electrons.